The van der Waals surface area contributed by atoms with E-state index in [0.29, 0.717) is 5.92 Å². The zero-order valence-electron chi connectivity index (χ0n) is 28.6. The first-order valence-corrected chi connectivity index (χ1v) is 16.8. The third-order valence-electron chi connectivity index (χ3n) is 9.36. The molecule has 47 heavy (non-hydrogen) atoms. The molecule has 0 bridgehead atoms. The molecule has 0 saturated heterocycles. The Labute approximate surface area is 292 Å². The Morgan fingerprint density at radius 2 is 1.51 bits per heavy atom. The van der Waals surface area contributed by atoms with Gasteiger partial charge in [-0.1, -0.05) is 101 Å². The monoisotopic (exact) mass is 805 g/mol. The number of nitrogens with zero attached hydrogens (tertiary/aromatic N) is 1. The van der Waals surface area contributed by atoms with Crippen molar-refractivity contribution in [3.05, 3.63) is 102 Å². The number of hydrogen-bond acceptors (Lipinski definition) is 4. The molecule has 0 aliphatic carbocycles. The molecule has 0 aliphatic heterocycles. The molecule has 1 radical (unpaired) electrons. The Morgan fingerprint density at radius 3 is 2.19 bits per heavy atom. The second-order valence-electron chi connectivity index (χ2n) is 12.6. The average Bonchev–Trinajstić information content (AvgIpc) is 3.46. The van der Waals surface area contributed by atoms with Gasteiger partial charge in [-0.05, 0) is 60.9 Å². The van der Waals surface area contributed by atoms with E-state index in [-0.39, 0.29) is 43.5 Å². The number of aliphatic hydroxyl groups excluding tert-OH is 1. The maximum atomic E-state index is 11.7. The van der Waals surface area contributed by atoms with Crippen LogP contribution in [0.5, 0.6) is 0 Å². The summed E-state index contributed by atoms with van der Waals surface area (Å²) < 4.78 is 6.37. The van der Waals surface area contributed by atoms with E-state index in [9.17, 15) is 9.90 Å². The van der Waals surface area contributed by atoms with Crippen molar-refractivity contribution in [1.82, 2.24) is 4.98 Å². The Morgan fingerprint density at radius 1 is 0.851 bits per heavy atom. The molecule has 0 unspecified atom stereocenters. The van der Waals surface area contributed by atoms with E-state index in [1.807, 2.05) is 40.0 Å². The van der Waals surface area contributed by atoms with Crippen molar-refractivity contribution in [2.45, 2.75) is 80.1 Å². The quantitative estimate of drug-likeness (QED) is 0.0684. The number of pyridine rings is 1. The summed E-state index contributed by atoms with van der Waals surface area (Å²) in [7, 11) is 0. The van der Waals surface area contributed by atoms with E-state index >= 15 is 0 Å². The van der Waals surface area contributed by atoms with Gasteiger partial charge in [0.05, 0.1) is 5.76 Å². The summed E-state index contributed by atoms with van der Waals surface area (Å²) in [4.78, 5) is 16.5. The van der Waals surface area contributed by atoms with Crippen LogP contribution in [0, 0.1) is 24.8 Å². The van der Waals surface area contributed by atoms with Crippen LogP contribution in [-0.2, 0) is 24.9 Å². The molecule has 0 aliphatic rings. The van der Waals surface area contributed by atoms with Gasteiger partial charge in [-0.2, -0.15) is 0 Å². The maximum Gasteiger partial charge on any atom is 0.162 e. The van der Waals surface area contributed by atoms with Gasteiger partial charge in [-0.15, -0.1) is 29.1 Å². The minimum atomic E-state index is 0. The second kappa shape index (κ2) is 15.9. The first-order chi connectivity index (χ1) is 22.2. The molecule has 0 amide bonds. The molecule has 0 atom stereocenters. The molecule has 4 aromatic carbocycles. The second-order valence-corrected chi connectivity index (χ2v) is 12.6. The Balaban J connectivity index is 0.000000269. The molecule has 0 spiro atoms. The van der Waals surface area contributed by atoms with Gasteiger partial charge in [-0.3, -0.25) is 9.78 Å². The number of ketones is 1. The summed E-state index contributed by atoms with van der Waals surface area (Å²) in [6.45, 7) is 14.7. The minimum absolute atomic E-state index is 0. The number of furan rings is 1. The van der Waals surface area contributed by atoms with Gasteiger partial charge in [0.1, 0.15) is 11.2 Å². The van der Waals surface area contributed by atoms with Crippen molar-refractivity contribution >= 4 is 49.3 Å². The van der Waals surface area contributed by atoms with Crippen molar-refractivity contribution in [1.29, 1.82) is 0 Å². The van der Waals surface area contributed by atoms with Crippen molar-refractivity contribution in [2.24, 2.45) is 11.8 Å². The van der Waals surface area contributed by atoms with E-state index in [4.69, 9.17) is 9.40 Å². The van der Waals surface area contributed by atoms with Gasteiger partial charge in [0.2, 0.25) is 0 Å². The van der Waals surface area contributed by atoms with E-state index in [1.54, 1.807) is 0 Å². The van der Waals surface area contributed by atoms with Gasteiger partial charge in [0.25, 0.3) is 0 Å². The summed E-state index contributed by atoms with van der Waals surface area (Å²) in [5.74, 6) is 0.921. The topological polar surface area (TPSA) is 63.3 Å². The molecule has 0 fully saturated rings. The van der Waals surface area contributed by atoms with Crippen molar-refractivity contribution in [2.75, 3.05) is 0 Å². The molecule has 4 nitrogen and oxygen atoms in total. The van der Waals surface area contributed by atoms with Crippen LogP contribution in [0.3, 0.4) is 0 Å². The van der Waals surface area contributed by atoms with Crippen molar-refractivity contribution in [3.8, 4) is 11.3 Å². The molecule has 247 valence electrons. The summed E-state index contributed by atoms with van der Waals surface area (Å²) in [6.07, 6.45) is 6.78. The predicted octanol–water partition coefficient (Wildman–Crippen LogP) is 12.1. The molecular formula is C42H46IrNO3-. The van der Waals surface area contributed by atoms with Crippen LogP contribution in [-0.4, -0.2) is 15.9 Å². The fourth-order valence-electron chi connectivity index (χ4n) is 6.52. The first kappa shape index (κ1) is 36.1. The van der Waals surface area contributed by atoms with Crippen LogP contribution in [0.2, 0.25) is 0 Å². The largest absolute Gasteiger partial charge is 0.512 e. The van der Waals surface area contributed by atoms with Gasteiger partial charge in [0, 0.05) is 60.7 Å². The third-order valence-corrected chi connectivity index (χ3v) is 9.36. The fourth-order valence-corrected chi connectivity index (χ4v) is 6.52. The average molecular weight is 805 g/mol. The molecule has 1 N–H and O–H groups in total. The summed E-state index contributed by atoms with van der Waals surface area (Å²) in [6, 6.07) is 27.2. The van der Waals surface area contributed by atoms with Crippen molar-refractivity contribution < 1.29 is 34.4 Å². The van der Waals surface area contributed by atoms with E-state index in [1.165, 1.54) is 27.8 Å². The number of aliphatic hydroxyl groups is 1. The number of aromatic nitrogens is 1. The molecule has 2 heterocycles. The summed E-state index contributed by atoms with van der Waals surface area (Å²) in [5.41, 5.74) is 6.04. The molecule has 5 heteroatoms. The smallest absolute Gasteiger partial charge is 0.162 e. The number of aryl methyl sites for hydroxylation is 1. The number of benzene rings is 4. The Kier molecular flexibility index (Phi) is 12.2. The number of rotatable bonds is 9. The third kappa shape index (κ3) is 7.37. The van der Waals surface area contributed by atoms with Gasteiger partial charge in [-0.25, -0.2) is 0 Å². The van der Waals surface area contributed by atoms with Crippen LogP contribution in [0.4, 0.5) is 0 Å². The van der Waals surface area contributed by atoms with E-state index in [0.717, 1.165) is 69.8 Å². The number of carbonyl (C=O) groups is 1. The molecular weight excluding hydrogens is 759 g/mol. The zero-order valence-corrected chi connectivity index (χ0v) is 31.0. The van der Waals surface area contributed by atoms with Gasteiger partial charge >= 0.3 is 0 Å². The zero-order chi connectivity index (χ0) is 33.0. The van der Waals surface area contributed by atoms with E-state index < -0.39 is 0 Å². The molecule has 6 rings (SSSR count). The molecule has 2 aromatic heterocycles. The van der Waals surface area contributed by atoms with Crippen LogP contribution in [0.15, 0.2) is 89.2 Å². The SMILES string of the molecule is CCC(CC)C(=O)/C=C(\O)C(CC)CC.Cc1cccc2c1oc1c(-c3[c-]c4ccc5ccccc5c4c(C(C)C)c3)nccc12.[Ir]. The number of hydrogen-bond donors (Lipinski definition) is 1. The summed E-state index contributed by atoms with van der Waals surface area (Å²) >= 11 is 0. The fraction of sp³-hybridized carbons (Fsp3) is 0.333. The number of allylic oxidation sites excluding steroid dienone is 2. The normalized spacial score (nSPS) is 11.9. The Hall–Kier alpha value is -3.79. The van der Waals surface area contributed by atoms with Gasteiger partial charge in [0.15, 0.2) is 5.78 Å². The number of carbonyl (C=O) groups excluding carboxylic acids is 1. The maximum absolute atomic E-state index is 11.7. The molecule has 0 saturated carbocycles. The predicted molar refractivity (Wildman–Crippen MR) is 193 cm³/mol. The van der Waals surface area contributed by atoms with Crippen LogP contribution >= 0.6 is 0 Å². The van der Waals surface area contributed by atoms with Crippen LogP contribution in [0.25, 0.3) is 54.7 Å². The van der Waals surface area contributed by atoms with Crippen LogP contribution < -0.4 is 0 Å². The first-order valence-electron chi connectivity index (χ1n) is 16.8. The van der Waals surface area contributed by atoms with Crippen molar-refractivity contribution in [3.63, 3.8) is 0 Å². The van der Waals surface area contributed by atoms with Crippen LogP contribution in [0.1, 0.15) is 84.3 Å². The van der Waals surface area contributed by atoms with Gasteiger partial charge < -0.3 is 9.52 Å². The summed E-state index contributed by atoms with van der Waals surface area (Å²) in [5, 5.41) is 16.9. The minimum Gasteiger partial charge on any atom is -0.512 e. The molecule has 6 aromatic rings. The Bertz CT molecular complexity index is 2030. The van der Waals surface area contributed by atoms with E-state index in [2.05, 4.69) is 87.5 Å². The standard InChI is InChI=1S/C29H22NO.C13H24O2.Ir/c1-17(2)25-16-21(15-20-12-11-19-8-4-5-9-22(19)26(20)25)27-29-24(13-14-30-27)23-10-6-7-18(3)28(23)31-29;1-5-10(6-2)12(14)9-13(15)11(7-3)8-4;/h4-14,16-17H,1-3H3;9-11,14H,5-8H2,1-4H3;/q-1;;/b;12-9-;. The number of fused-ring (bicyclic) bond motifs is 6. The number of para-hydroxylation sites is 1.